The highest BCUT2D eigenvalue weighted by molar-refractivity contribution is 7.53. The van der Waals surface area contributed by atoms with Gasteiger partial charge in [-0.1, -0.05) is 20.8 Å². The fourth-order valence-electron chi connectivity index (χ4n) is 1.43. The smallest absolute Gasteiger partial charge is 0.384 e. The maximum atomic E-state index is 11.1. The molecule has 9 nitrogen and oxygen atoms in total. The molecule has 0 amide bonds. The van der Waals surface area contributed by atoms with Crippen LogP contribution in [0.25, 0.3) is 0 Å². The zero-order chi connectivity index (χ0) is 22.1. The third-order valence-electron chi connectivity index (χ3n) is 2.64. The van der Waals surface area contributed by atoms with Crippen LogP contribution in [0.5, 0.6) is 0 Å². The number of aliphatic hydroxyl groups is 1. The van der Waals surface area contributed by atoms with Gasteiger partial charge in [0.15, 0.2) is 0 Å². The highest BCUT2D eigenvalue weighted by atomic mass is 31.2. The van der Waals surface area contributed by atoms with E-state index in [4.69, 9.17) is 18.9 Å². The van der Waals surface area contributed by atoms with Crippen LogP contribution in [0.4, 0.5) is 0 Å². The fraction of sp³-hybridized carbons (Fsp3) is 0.938. The number of carbonyl (C=O) groups excluding carboxylic acids is 1. The van der Waals surface area contributed by atoms with Gasteiger partial charge < -0.3 is 23.8 Å². The molecule has 0 rings (SSSR count). The molecule has 0 aliphatic rings. The average molecular weight is 436 g/mol. The van der Waals surface area contributed by atoms with Crippen LogP contribution in [0, 0.1) is 0 Å². The molecule has 11 heteroatoms. The zero-order valence-electron chi connectivity index (χ0n) is 18.0. The summed E-state index contributed by atoms with van der Waals surface area (Å²) < 4.78 is 40.0. The molecule has 0 aromatic rings. The van der Waals surface area contributed by atoms with E-state index in [1.807, 2.05) is 6.79 Å². The molecule has 0 aliphatic carbocycles. The van der Waals surface area contributed by atoms with Crippen molar-refractivity contribution in [1.82, 2.24) is 4.90 Å². The van der Waals surface area contributed by atoms with Crippen LogP contribution in [0.1, 0.15) is 48.5 Å². The Morgan fingerprint density at radius 1 is 0.815 bits per heavy atom. The van der Waals surface area contributed by atoms with Crippen molar-refractivity contribution in [3.05, 3.63) is 0 Å². The number of aliphatic hydroxyl groups excluding tert-OH is 1. The van der Waals surface area contributed by atoms with E-state index in [0.29, 0.717) is 13.2 Å². The summed E-state index contributed by atoms with van der Waals surface area (Å²) in [4.78, 5) is 10.4. The predicted molar refractivity (Wildman–Crippen MR) is 109 cm³/mol. The van der Waals surface area contributed by atoms with Gasteiger partial charge in [-0.25, -0.2) is 0 Å². The topological polar surface area (TPSA) is 112 Å². The summed E-state index contributed by atoms with van der Waals surface area (Å²) in [5, 5.41) is 8.53. The molecule has 0 heterocycles. The summed E-state index contributed by atoms with van der Waals surface area (Å²) in [6, 6.07) is 0. The molecule has 0 bridgehead atoms. The maximum absolute atomic E-state index is 11.1. The summed E-state index contributed by atoms with van der Waals surface area (Å²) in [5.74, 6) is 0. The lowest BCUT2D eigenvalue weighted by molar-refractivity contribution is -0.0980. The van der Waals surface area contributed by atoms with Crippen molar-refractivity contribution in [2.24, 2.45) is 0 Å². The number of carbonyl (C=O) groups is 1. The second-order valence-electron chi connectivity index (χ2n) is 4.27. The molecule has 0 aromatic carbocycles. The van der Waals surface area contributed by atoms with E-state index in [1.165, 1.54) is 19.6 Å². The number of hydrogen-bond acceptors (Lipinski definition) is 9. The van der Waals surface area contributed by atoms with Gasteiger partial charge in [0, 0.05) is 4.57 Å². The standard InChI is InChI=1S/C6H15N.C5H13O4P.C4H10O3P.CH2O/c1-4-7(5-2)6-3;1-3-8-10(7,5-6)9-4-2;1-3-6-8(5)7-4-2;1-2/h4-6H2,1-3H3;6H,3-5H2,1-2H3;3-4H2,1-2H3;1H2/q;;+1;. The van der Waals surface area contributed by atoms with Crippen molar-refractivity contribution in [2.45, 2.75) is 48.5 Å². The maximum Gasteiger partial charge on any atom is 0.697 e. The minimum absolute atomic E-state index is 0.290. The molecule has 0 aromatic heterocycles. The van der Waals surface area contributed by atoms with Gasteiger partial charge in [0.25, 0.3) is 0 Å². The first-order valence-electron chi connectivity index (χ1n) is 9.07. The van der Waals surface area contributed by atoms with E-state index in [0.717, 1.165) is 0 Å². The molecule has 0 unspecified atom stereocenters. The van der Waals surface area contributed by atoms with Gasteiger partial charge in [0.2, 0.25) is 0 Å². The third kappa shape index (κ3) is 28.1. The predicted octanol–water partition coefficient (Wildman–Crippen LogP) is 4.08. The molecule has 0 saturated carbocycles. The largest absolute Gasteiger partial charge is 0.697 e. The van der Waals surface area contributed by atoms with Crippen molar-refractivity contribution in [3.63, 3.8) is 0 Å². The van der Waals surface area contributed by atoms with Crippen LogP contribution in [0.3, 0.4) is 0 Å². The van der Waals surface area contributed by atoms with Crippen LogP contribution in [-0.4, -0.2) is 69.2 Å². The van der Waals surface area contributed by atoms with E-state index in [1.54, 1.807) is 27.7 Å². The van der Waals surface area contributed by atoms with E-state index < -0.39 is 22.2 Å². The Labute approximate surface area is 166 Å². The normalized spacial score (nSPS) is 9.96. The Morgan fingerprint density at radius 3 is 1.30 bits per heavy atom. The Balaban J connectivity index is -0.000000142. The Morgan fingerprint density at radius 2 is 1.15 bits per heavy atom. The van der Waals surface area contributed by atoms with Gasteiger partial charge in [-0.2, -0.15) is 0 Å². The Bertz CT molecular complexity index is 321. The van der Waals surface area contributed by atoms with Gasteiger partial charge in [-0.05, 0) is 47.3 Å². The Hall–Kier alpha value is -0.240. The molecule has 27 heavy (non-hydrogen) atoms. The van der Waals surface area contributed by atoms with Crippen LogP contribution < -0.4 is 0 Å². The molecule has 0 atom stereocenters. The molecule has 0 spiro atoms. The van der Waals surface area contributed by atoms with Crippen molar-refractivity contribution in [2.75, 3.05) is 52.4 Å². The van der Waals surface area contributed by atoms with Crippen LogP contribution >= 0.6 is 15.9 Å². The lowest BCUT2D eigenvalue weighted by Crippen LogP contribution is -2.21. The summed E-state index contributed by atoms with van der Waals surface area (Å²) in [5.41, 5.74) is 0. The summed E-state index contributed by atoms with van der Waals surface area (Å²) in [7, 11) is -4.98. The van der Waals surface area contributed by atoms with Gasteiger partial charge in [-0.3, -0.25) is 4.57 Å². The van der Waals surface area contributed by atoms with E-state index in [9.17, 15) is 9.13 Å². The Kier molecular flexibility index (Phi) is 35.5. The quantitative estimate of drug-likeness (QED) is 0.452. The van der Waals surface area contributed by atoms with E-state index in [-0.39, 0.29) is 13.2 Å². The first-order chi connectivity index (χ1) is 12.8. The van der Waals surface area contributed by atoms with Gasteiger partial charge in [0.05, 0.1) is 13.2 Å². The van der Waals surface area contributed by atoms with Crippen LogP contribution in [0.2, 0.25) is 0 Å². The number of hydrogen-bond donors (Lipinski definition) is 1. The first kappa shape index (κ1) is 34.3. The van der Waals surface area contributed by atoms with Crippen LogP contribution in [0.15, 0.2) is 0 Å². The monoisotopic (exact) mass is 436 g/mol. The van der Waals surface area contributed by atoms with Gasteiger partial charge in [0.1, 0.15) is 26.4 Å². The highest BCUT2D eigenvalue weighted by Gasteiger charge is 2.21. The summed E-state index contributed by atoms with van der Waals surface area (Å²) >= 11 is 0. The highest BCUT2D eigenvalue weighted by Crippen LogP contribution is 2.46. The molecule has 0 saturated heterocycles. The van der Waals surface area contributed by atoms with Crippen molar-refractivity contribution >= 4 is 22.6 Å². The average Bonchev–Trinajstić information content (AvgIpc) is 2.67. The van der Waals surface area contributed by atoms with Crippen LogP contribution in [-0.2, 0) is 32.0 Å². The SMILES string of the molecule is C=O.CCN(CC)CC.CCOP(=O)(CO)OCC.CCO[P+](=O)OCC. The lowest BCUT2D eigenvalue weighted by Gasteiger charge is -2.13. The molecule has 0 aliphatic heterocycles. The summed E-state index contributed by atoms with van der Waals surface area (Å²) in [6.07, 6.45) is -0.547. The van der Waals surface area contributed by atoms with E-state index in [2.05, 4.69) is 34.7 Å². The van der Waals surface area contributed by atoms with Crippen molar-refractivity contribution in [1.29, 1.82) is 0 Å². The molecule has 1 N–H and O–H groups in total. The molecule has 0 fully saturated rings. The minimum atomic E-state index is -3.14. The second kappa shape index (κ2) is 28.0. The van der Waals surface area contributed by atoms with Gasteiger partial charge in [-0.15, -0.1) is 9.05 Å². The second-order valence-corrected chi connectivity index (χ2v) is 7.25. The lowest BCUT2D eigenvalue weighted by atomic mass is 10.5. The molecular weight excluding hydrogens is 396 g/mol. The minimum Gasteiger partial charge on any atom is -0.384 e. The van der Waals surface area contributed by atoms with Crippen molar-refractivity contribution < 1.29 is 37.1 Å². The number of rotatable bonds is 12. The number of nitrogens with zero attached hydrogens (tertiary/aromatic N) is 1. The molecular formula is C16H40NO8P2+. The van der Waals surface area contributed by atoms with Gasteiger partial charge >= 0.3 is 15.9 Å². The first-order valence-corrected chi connectivity index (χ1v) is 11.9. The molecule has 0 radical (unpaired) electrons. The third-order valence-corrected chi connectivity index (χ3v) is 5.22. The summed E-state index contributed by atoms with van der Waals surface area (Å²) in [6.45, 7) is 20.5. The zero-order valence-corrected chi connectivity index (χ0v) is 19.8. The van der Waals surface area contributed by atoms with Crippen molar-refractivity contribution in [3.8, 4) is 0 Å². The fourth-order valence-corrected chi connectivity index (χ4v) is 2.95. The van der Waals surface area contributed by atoms with E-state index >= 15 is 0 Å². The molecule has 166 valence electrons.